The van der Waals surface area contributed by atoms with E-state index in [0.29, 0.717) is 29.8 Å². The van der Waals surface area contributed by atoms with E-state index in [2.05, 4.69) is 0 Å². The second-order valence-electron chi connectivity index (χ2n) is 10.0. The summed E-state index contributed by atoms with van der Waals surface area (Å²) in [5.41, 5.74) is 0.960. The van der Waals surface area contributed by atoms with E-state index >= 15 is 0 Å². The first-order valence-electron chi connectivity index (χ1n) is 11.8. The number of para-hydroxylation sites is 1. The van der Waals surface area contributed by atoms with Gasteiger partial charge in [-0.05, 0) is 79.3 Å². The Morgan fingerprint density at radius 3 is 2.00 bits per heavy atom. The van der Waals surface area contributed by atoms with E-state index in [9.17, 15) is 14.7 Å². The molecule has 184 valence electrons. The number of carbonyl (C=O) groups is 2. The average molecular weight is 488 g/mol. The van der Waals surface area contributed by atoms with Gasteiger partial charge in [0.2, 0.25) is 0 Å². The fourth-order valence-corrected chi connectivity index (χ4v) is 4.40. The van der Waals surface area contributed by atoms with Crippen LogP contribution in [0.3, 0.4) is 0 Å². The van der Waals surface area contributed by atoms with E-state index in [1.165, 1.54) is 0 Å². The lowest BCUT2D eigenvalue weighted by Crippen LogP contribution is -2.38. The number of nitrogens with zero attached hydrogens (tertiary/aromatic N) is 1. The van der Waals surface area contributed by atoms with E-state index in [0.717, 1.165) is 31.4 Å². The van der Waals surface area contributed by atoms with E-state index in [1.807, 2.05) is 51.1 Å². The van der Waals surface area contributed by atoms with Crippen LogP contribution in [0.5, 0.6) is 0 Å². The van der Waals surface area contributed by atoms with Crippen molar-refractivity contribution in [1.82, 2.24) is 0 Å². The van der Waals surface area contributed by atoms with Crippen molar-refractivity contribution in [2.45, 2.75) is 52.6 Å². The maximum atomic E-state index is 13.1. The first-order valence-corrected chi connectivity index (χ1v) is 12.1. The Kier molecular flexibility index (Phi) is 8.97. The highest BCUT2D eigenvalue weighted by Gasteiger charge is 2.33. The van der Waals surface area contributed by atoms with Gasteiger partial charge >= 0.3 is 12.1 Å². The number of hydrogen-bond acceptors (Lipinski definition) is 4. The molecule has 2 aromatic rings. The molecule has 1 amide bonds. The first kappa shape index (κ1) is 26.0. The third-order valence-electron chi connectivity index (χ3n) is 6.20. The molecule has 0 radical (unpaired) electrons. The summed E-state index contributed by atoms with van der Waals surface area (Å²) < 4.78 is 11.5. The minimum atomic E-state index is -0.920. The highest BCUT2D eigenvalue weighted by atomic mass is 35.5. The van der Waals surface area contributed by atoms with Crippen molar-refractivity contribution in [3.05, 3.63) is 59.6 Å². The van der Waals surface area contributed by atoms with Crippen LogP contribution in [0.15, 0.2) is 54.6 Å². The summed E-state index contributed by atoms with van der Waals surface area (Å²) >= 11 is 6.02. The summed E-state index contributed by atoms with van der Waals surface area (Å²) in [7, 11) is 0. The fourth-order valence-electron chi connectivity index (χ4n) is 4.27. The number of aliphatic carboxylic acids is 1. The molecule has 1 atom stereocenters. The zero-order chi connectivity index (χ0) is 24.7. The molecule has 1 aliphatic rings. The number of rotatable bonds is 8. The lowest BCUT2D eigenvalue weighted by atomic mass is 9.82. The van der Waals surface area contributed by atoms with Crippen molar-refractivity contribution in [2.75, 3.05) is 18.1 Å². The predicted octanol–water partition coefficient (Wildman–Crippen LogP) is 6.94. The van der Waals surface area contributed by atoms with Gasteiger partial charge in [0, 0.05) is 5.02 Å². The van der Waals surface area contributed by atoms with Crippen LogP contribution in [-0.2, 0) is 14.3 Å². The second kappa shape index (κ2) is 11.7. The molecule has 0 aliphatic heterocycles. The van der Waals surface area contributed by atoms with Gasteiger partial charge in [0.15, 0.2) is 6.10 Å². The van der Waals surface area contributed by atoms with Gasteiger partial charge in [-0.2, -0.15) is 0 Å². The Morgan fingerprint density at radius 1 is 0.941 bits per heavy atom. The number of halogens is 1. The molecule has 1 unspecified atom stereocenters. The molecule has 0 aromatic heterocycles. The number of hydrogen-bond donors (Lipinski definition) is 1. The van der Waals surface area contributed by atoms with E-state index in [-0.39, 0.29) is 5.92 Å². The Hall–Kier alpha value is -2.57. The Labute approximate surface area is 206 Å². The maximum Gasteiger partial charge on any atom is 0.418 e. The van der Waals surface area contributed by atoms with Crippen LogP contribution < -0.4 is 4.90 Å². The minimum absolute atomic E-state index is 0.279. The molecule has 0 spiro atoms. The van der Waals surface area contributed by atoms with Gasteiger partial charge in [0.1, 0.15) is 0 Å². The van der Waals surface area contributed by atoms with Crippen LogP contribution in [0, 0.1) is 17.3 Å². The van der Waals surface area contributed by atoms with Crippen molar-refractivity contribution in [3.8, 4) is 0 Å². The lowest BCUT2D eigenvalue weighted by molar-refractivity contribution is -0.159. The van der Waals surface area contributed by atoms with Gasteiger partial charge < -0.3 is 14.6 Å². The van der Waals surface area contributed by atoms with E-state index in [4.69, 9.17) is 21.1 Å². The molecule has 1 N–H and O–H groups in total. The Morgan fingerprint density at radius 2 is 1.47 bits per heavy atom. The van der Waals surface area contributed by atoms with E-state index in [1.54, 1.807) is 29.2 Å². The van der Waals surface area contributed by atoms with Gasteiger partial charge in [-0.15, -0.1) is 0 Å². The maximum absolute atomic E-state index is 13.1. The first-order chi connectivity index (χ1) is 16.1. The van der Waals surface area contributed by atoms with Crippen LogP contribution in [0.2, 0.25) is 5.02 Å². The number of carbonyl (C=O) groups excluding carboxylic acids is 1. The summed E-state index contributed by atoms with van der Waals surface area (Å²) in [5.74, 6) is -0.316. The van der Waals surface area contributed by atoms with Crippen LogP contribution >= 0.6 is 11.6 Å². The van der Waals surface area contributed by atoms with Gasteiger partial charge in [0.05, 0.1) is 24.6 Å². The summed E-state index contributed by atoms with van der Waals surface area (Å²) in [6.07, 6.45) is 2.45. The number of amides is 1. The number of carboxylic acids is 1. The fraction of sp³-hybridized carbons (Fsp3) is 0.481. The Bertz CT molecular complexity index is 934. The summed E-state index contributed by atoms with van der Waals surface area (Å²) in [4.78, 5) is 26.1. The third kappa shape index (κ3) is 7.21. The molecule has 6 nitrogen and oxygen atoms in total. The lowest BCUT2D eigenvalue weighted by Gasteiger charge is -2.32. The van der Waals surface area contributed by atoms with Gasteiger partial charge in [-0.1, -0.05) is 50.6 Å². The highest BCUT2D eigenvalue weighted by molar-refractivity contribution is 6.30. The zero-order valence-corrected chi connectivity index (χ0v) is 20.8. The molecular formula is C27H34ClNO5. The average Bonchev–Trinajstić information content (AvgIpc) is 2.80. The molecule has 1 fully saturated rings. The SMILES string of the molecule is CC(C)(C)C(OCC1CCC(COC(=O)N(c2ccccc2)c2ccc(Cl)cc2)CC1)C(=O)O. The van der Waals surface area contributed by atoms with Crippen molar-refractivity contribution < 1.29 is 24.2 Å². The smallest absolute Gasteiger partial charge is 0.418 e. The van der Waals surface area contributed by atoms with Crippen LogP contribution in [0.4, 0.5) is 16.2 Å². The van der Waals surface area contributed by atoms with Gasteiger partial charge in [0.25, 0.3) is 0 Å². The molecule has 34 heavy (non-hydrogen) atoms. The minimum Gasteiger partial charge on any atom is -0.479 e. The molecule has 7 heteroatoms. The highest BCUT2D eigenvalue weighted by Crippen LogP contribution is 2.32. The summed E-state index contributed by atoms with van der Waals surface area (Å²) in [6, 6.07) is 16.5. The quantitative estimate of drug-likeness (QED) is 0.436. The Balaban J connectivity index is 1.52. The van der Waals surface area contributed by atoms with Crippen LogP contribution in [-0.4, -0.2) is 36.5 Å². The van der Waals surface area contributed by atoms with Gasteiger partial charge in [-0.25, -0.2) is 14.5 Å². The molecule has 0 heterocycles. The number of anilines is 2. The molecule has 3 rings (SSSR count). The predicted molar refractivity (Wildman–Crippen MR) is 134 cm³/mol. The summed E-state index contributed by atoms with van der Waals surface area (Å²) in [6.45, 7) is 6.42. The standard InChI is InChI=1S/C27H34ClNO5/c1-27(2,3)24(25(30)31)33-17-19-9-11-20(12-10-19)18-34-26(32)29(22-7-5-4-6-8-22)23-15-13-21(28)14-16-23/h4-8,13-16,19-20,24H,9-12,17-18H2,1-3H3,(H,30,31). The van der Waals surface area contributed by atoms with Crippen molar-refractivity contribution in [3.63, 3.8) is 0 Å². The normalized spacial score (nSPS) is 19.3. The monoisotopic (exact) mass is 487 g/mol. The van der Waals surface area contributed by atoms with Crippen molar-refractivity contribution in [2.24, 2.45) is 17.3 Å². The largest absolute Gasteiger partial charge is 0.479 e. The zero-order valence-electron chi connectivity index (χ0n) is 20.1. The number of ether oxygens (including phenoxy) is 2. The number of carboxylic acid groups (broad SMARTS) is 1. The molecule has 1 saturated carbocycles. The molecule has 1 aliphatic carbocycles. The summed E-state index contributed by atoms with van der Waals surface area (Å²) in [5, 5.41) is 10.0. The molecule has 2 aromatic carbocycles. The van der Waals surface area contributed by atoms with Crippen LogP contribution in [0.1, 0.15) is 46.5 Å². The van der Waals surface area contributed by atoms with Crippen molar-refractivity contribution >= 4 is 35.0 Å². The molecular weight excluding hydrogens is 454 g/mol. The van der Waals surface area contributed by atoms with Crippen molar-refractivity contribution in [1.29, 1.82) is 0 Å². The van der Waals surface area contributed by atoms with Gasteiger partial charge in [-0.3, -0.25) is 0 Å². The van der Waals surface area contributed by atoms with E-state index < -0.39 is 23.6 Å². The second-order valence-corrected chi connectivity index (χ2v) is 10.5. The topological polar surface area (TPSA) is 76.1 Å². The van der Waals surface area contributed by atoms with Crippen LogP contribution in [0.25, 0.3) is 0 Å². The third-order valence-corrected chi connectivity index (χ3v) is 6.45. The molecule has 0 bridgehead atoms. The number of benzene rings is 2. The molecule has 0 saturated heterocycles.